The van der Waals surface area contributed by atoms with Crippen LogP contribution in [0.5, 0.6) is 5.75 Å². The number of rotatable bonds is 3. The van der Waals surface area contributed by atoms with E-state index in [9.17, 15) is 18.1 Å². The molecule has 0 spiro atoms. The van der Waals surface area contributed by atoms with E-state index in [1.54, 1.807) is 12.1 Å². The van der Waals surface area contributed by atoms with Crippen LogP contribution in [0.4, 0.5) is 17.1 Å². The second-order valence-corrected chi connectivity index (χ2v) is 7.58. The van der Waals surface area contributed by atoms with Crippen LogP contribution in [0.15, 0.2) is 57.6 Å². The fourth-order valence-corrected chi connectivity index (χ4v) is 3.20. The van der Waals surface area contributed by atoms with Crippen LogP contribution < -0.4 is 5.73 Å². The second-order valence-electron chi connectivity index (χ2n) is 5.31. The van der Waals surface area contributed by atoms with Gasteiger partial charge in [0.25, 0.3) is 10.1 Å². The van der Waals surface area contributed by atoms with Crippen molar-refractivity contribution in [3.63, 3.8) is 0 Å². The van der Waals surface area contributed by atoms with Gasteiger partial charge in [-0.25, -0.2) is 0 Å². The minimum Gasteiger partial charge on any atom is -0.507 e. The molecule has 0 atom stereocenters. The van der Waals surface area contributed by atoms with Crippen molar-refractivity contribution < 1.29 is 18.1 Å². The molecule has 7 nitrogen and oxygen atoms in total. The third kappa shape index (κ3) is 4.72. The SMILES string of the molecule is Nc1ccc2cc(S(=O)(=O)O)cc(O)c2c1N=Nc1cc(Cl)ccc1Cl.[Na]. The van der Waals surface area contributed by atoms with Crippen molar-refractivity contribution in [3.05, 3.63) is 52.5 Å². The summed E-state index contributed by atoms with van der Waals surface area (Å²) in [6.07, 6.45) is 0. The van der Waals surface area contributed by atoms with Crippen molar-refractivity contribution >= 4 is 90.7 Å². The van der Waals surface area contributed by atoms with E-state index in [0.717, 1.165) is 6.07 Å². The second kappa shape index (κ2) is 8.32. The van der Waals surface area contributed by atoms with Gasteiger partial charge in [0.1, 0.15) is 17.1 Å². The van der Waals surface area contributed by atoms with Gasteiger partial charge in [0.05, 0.1) is 21.0 Å². The number of nitrogens with zero attached hydrogens (tertiary/aromatic N) is 2. The Balaban J connectivity index is 0.00000261. The summed E-state index contributed by atoms with van der Waals surface area (Å²) in [5.74, 6) is -0.423. The summed E-state index contributed by atoms with van der Waals surface area (Å²) < 4.78 is 31.8. The molecule has 11 heteroatoms. The normalized spacial score (nSPS) is 11.7. The Hall–Kier alpha value is -1.39. The van der Waals surface area contributed by atoms with Crippen LogP contribution in [0.2, 0.25) is 10.0 Å². The van der Waals surface area contributed by atoms with E-state index in [1.807, 2.05) is 0 Å². The number of nitrogens with two attached hydrogens (primary N) is 1. The zero-order valence-electron chi connectivity index (χ0n) is 13.9. The average molecular weight is 435 g/mol. The molecule has 0 aliphatic carbocycles. The standard InChI is InChI=1S/C16H11Cl2N3O4S.Na/c17-9-2-3-11(18)13(6-9)20-21-16-12(19)4-1-8-5-10(26(23,24)25)7-14(22)15(8)16;/h1-7,22H,19H2,(H,23,24,25);. The maximum Gasteiger partial charge on any atom is 0.294 e. The number of anilines is 1. The van der Waals surface area contributed by atoms with Crippen molar-refractivity contribution in [3.8, 4) is 5.75 Å². The van der Waals surface area contributed by atoms with Crippen molar-refractivity contribution in [1.82, 2.24) is 0 Å². The third-order valence-corrected chi connectivity index (χ3v) is 4.92. The number of nitrogen functional groups attached to an aromatic ring is 1. The molecular formula is C16H11Cl2N3NaO4S. The van der Waals surface area contributed by atoms with Gasteiger partial charge in [-0.1, -0.05) is 29.3 Å². The summed E-state index contributed by atoms with van der Waals surface area (Å²) in [5, 5.41) is 19.5. The molecule has 135 valence electrons. The Morgan fingerprint density at radius 1 is 1.00 bits per heavy atom. The first-order valence-corrected chi connectivity index (χ1v) is 9.26. The molecule has 0 fully saturated rings. The molecule has 27 heavy (non-hydrogen) atoms. The van der Waals surface area contributed by atoms with Gasteiger partial charge in [0.15, 0.2) is 0 Å². The van der Waals surface area contributed by atoms with E-state index >= 15 is 0 Å². The van der Waals surface area contributed by atoms with Crippen LogP contribution >= 0.6 is 23.2 Å². The minimum atomic E-state index is -4.48. The number of fused-ring (bicyclic) bond motifs is 1. The number of aromatic hydroxyl groups is 1. The molecule has 3 aromatic carbocycles. The first kappa shape index (κ1) is 21.9. The van der Waals surface area contributed by atoms with E-state index in [1.165, 1.54) is 24.3 Å². The maximum atomic E-state index is 11.3. The zero-order chi connectivity index (χ0) is 19.1. The van der Waals surface area contributed by atoms with Crippen molar-refractivity contribution in [2.45, 2.75) is 4.90 Å². The summed E-state index contributed by atoms with van der Waals surface area (Å²) in [4.78, 5) is -0.451. The first-order chi connectivity index (χ1) is 12.2. The molecule has 0 aliphatic rings. The molecule has 0 aliphatic heterocycles. The average Bonchev–Trinajstić information content (AvgIpc) is 2.56. The smallest absolute Gasteiger partial charge is 0.294 e. The summed E-state index contributed by atoms with van der Waals surface area (Å²) in [5.41, 5.74) is 6.54. The largest absolute Gasteiger partial charge is 0.507 e. The third-order valence-electron chi connectivity index (χ3n) is 3.54. The molecule has 1 radical (unpaired) electrons. The monoisotopic (exact) mass is 434 g/mol. The van der Waals surface area contributed by atoms with Gasteiger partial charge in [-0.15, -0.1) is 10.2 Å². The van der Waals surface area contributed by atoms with Crippen LogP contribution in [0, 0.1) is 0 Å². The number of halogens is 2. The number of phenols is 1. The molecule has 3 aromatic rings. The molecule has 3 rings (SSSR count). The molecule has 0 aromatic heterocycles. The fraction of sp³-hybridized carbons (Fsp3) is 0. The molecule has 4 N–H and O–H groups in total. The summed E-state index contributed by atoms with van der Waals surface area (Å²) in [6.45, 7) is 0. The van der Waals surface area contributed by atoms with Gasteiger partial charge >= 0.3 is 0 Å². The van der Waals surface area contributed by atoms with Gasteiger partial charge < -0.3 is 10.8 Å². The van der Waals surface area contributed by atoms with E-state index < -0.39 is 20.8 Å². The number of hydrogen-bond acceptors (Lipinski definition) is 6. The Morgan fingerprint density at radius 3 is 2.37 bits per heavy atom. The minimum absolute atomic E-state index is 0. The van der Waals surface area contributed by atoms with E-state index in [4.69, 9.17) is 28.9 Å². The van der Waals surface area contributed by atoms with Gasteiger partial charge in [-0.2, -0.15) is 8.42 Å². The van der Waals surface area contributed by atoms with E-state index in [2.05, 4.69) is 10.2 Å². The number of azo groups is 1. The molecule has 0 bridgehead atoms. The topological polar surface area (TPSA) is 125 Å². The Labute approximate surface area is 186 Å². The predicted octanol–water partition coefficient (Wildman–Crippen LogP) is 4.72. The van der Waals surface area contributed by atoms with Crippen LogP contribution in [-0.4, -0.2) is 47.6 Å². The molecular weight excluding hydrogens is 424 g/mol. The van der Waals surface area contributed by atoms with Crippen molar-refractivity contribution in [1.29, 1.82) is 0 Å². The number of benzene rings is 3. The van der Waals surface area contributed by atoms with Gasteiger partial charge in [-0.05, 0) is 35.7 Å². The molecule has 0 heterocycles. The predicted molar refractivity (Wildman–Crippen MR) is 106 cm³/mol. The van der Waals surface area contributed by atoms with Crippen LogP contribution in [0.3, 0.4) is 0 Å². The van der Waals surface area contributed by atoms with Crippen LogP contribution in [-0.2, 0) is 10.1 Å². The number of hydrogen-bond donors (Lipinski definition) is 3. The fourth-order valence-electron chi connectivity index (χ4n) is 2.34. The summed E-state index contributed by atoms with van der Waals surface area (Å²) in [6, 6.07) is 9.72. The van der Waals surface area contributed by atoms with Gasteiger partial charge in [0.2, 0.25) is 0 Å². The Morgan fingerprint density at radius 2 is 1.70 bits per heavy atom. The maximum absolute atomic E-state index is 11.3. The molecule has 0 saturated heterocycles. The van der Waals surface area contributed by atoms with Gasteiger partial charge in [-0.3, -0.25) is 4.55 Å². The zero-order valence-corrected chi connectivity index (χ0v) is 18.2. The van der Waals surface area contributed by atoms with Crippen LogP contribution in [0.1, 0.15) is 0 Å². The van der Waals surface area contributed by atoms with E-state index in [-0.39, 0.29) is 46.3 Å². The first-order valence-electron chi connectivity index (χ1n) is 7.06. The quantitative estimate of drug-likeness (QED) is 0.238. The van der Waals surface area contributed by atoms with E-state index in [0.29, 0.717) is 21.1 Å². The van der Waals surface area contributed by atoms with Gasteiger partial charge in [0, 0.05) is 40.6 Å². The van der Waals surface area contributed by atoms with Crippen molar-refractivity contribution in [2.75, 3.05) is 5.73 Å². The van der Waals surface area contributed by atoms with Crippen molar-refractivity contribution in [2.24, 2.45) is 10.2 Å². The van der Waals surface area contributed by atoms with Crippen LogP contribution in [0.25, 0.3) is 10.8 Å². The molecule has 0 unspecified atom stereocenters. The molecule has 0 amide bonds. The number of phenolic OH excluding ortho intramolecular Hbond substituents is 1. The Bertz CT molecular complexity index is 1170. The summed E-state index contributed by atoms with van der Waals surface area (Å²) >= 11 is 11.9. The summed E-state index contributed by atoms with van der Waals surface area (Å²) in [7, 11) is -4.48. The Kier molecular flexibility index (Phi) is 6.75. The molecule has 0 saturated carbocycles.